The lowest BCUT2D eigenvalue weighted by molar-refractivity contribution is -0.127. The lowest BCUT2D eigenvalue weighted by Crippen LogP contribution is -2.33. The van der Waals surface area contributed by atoms with Crippen LogP contribution in [0.4, 0.5) is 4.39 Å². The fourth-order valence-electron chi connectivity index (χ4n) is 2.84. The van der Waals surface area contributed by atoms with Crippen LogP contribution < -0.4 is 5.32 Å². The molecule has 0 radical (unpaired) electrons. The molecule has 7 heteroatoms. The molecule has 1 atom stereocenters. The maximum Gasteiger partial charge on any atom is 0.224 e. The molecule has 1 saturated heterocycles. The van der Waals surface area contributed by atoms with Crippen LogP contribution in [0.1, 0.15) is 17.5 Å². The number of nitrogens with one attached hydrogen (secondary N) is 1. The van der Waals surface area contributed by atoms with Gasteiger partial charge in [-0.3, -0.25) is 4.79 Å². The molecular formula is C18H21FN4OS. The zero-order valence-electron chi connectivity index (χ0n) is 14.1. The predicted molar refractivity (Wildman–Crippen MR) is 95.7 cm³/mol. The van der Waals surface area contributed by atoms with Gasteiger partial charge in [0.15, 0.2) is 5.16 Å². The van der Waals surface area contributed by atoms with Crippen LogP contribution in [0.15, 0.2) is 41.8 Å². The van der Waals surface area contributed by atoms with E-state index in [4.69, 9.17) is 0 Å². The van der Waals surface area contributed by atoms with E-state index in [-0.39, 0.29) is 17.8 Å². The van der Waals surface area contributed by atoms with Crippen molar-refractivity contribution < 1.29 is 9.18 Å². The summed E-state index contributed by atoms with van der Waals surface area (Å²) in [5.41, 5.74) is 2.05. The fourth-order valence-corrected chi connectivity index (χ4v) is 3.16. The second-order valence-electron chi connectivity index (χ2n) is 6.08. The summed E-state index contributed by atoms with van der Waals surface area (Å²) in [5, 5.41) is 4.16. The Morgan fingerprint density at radius 2 is 1.96 bits per heavy atom. The normalized spacial score (nSPS) is 17.3. The first-order valence-electron chi connectivity index (χ1n) is 8.24. The van der Waals surface area contributed by atoms with E-state index in [0.29, 0.717) is 26.1 Å². The van der Waals surface area contributed by atoms with Crippen molar-refractivity contribution in [3.8, 4) is 0 Å². The number of aromatic nitrogens is 2. The number of rotatable bonds is 7. The molecule has 2 heterocycles. The van der Waals surface area contributed by atoms with Gasteiger partial charge < -0.3 is 10.2 Å². The molecule has 0 spiro atoms. The van der Waals surface area contributed by atoms with E-state index in [1.165, 1.54) is 23.9 Å². The standard InChI is InChI=1S/C18H21FN4OS/c1-25-18-21-10-14(11-22-18)9-20-16-8-17(24)23(12-16)7-6-13-2-4-15(19)5-3-13/h2-5,10-11,16,20H,6-9,12H2,1H3/t16-/m1/s1. The van der Waals surface area contributed by atoms with Crippen LogP contribution in [-0.4, -0.2) is 46.2 Å². The number of likely N-dealkylation sites (tertiary alicyclic amines) is 1. The number of thioether (sulfide) groups is 1. The van der Waals surface area contributed by atoms with Gasteiger partial charge in [0.05, 0.1) is 0 Å². The summed E-state index contributed by atoms with van der Waals surface area (Å²) < 4.78 is 12.9. The zero-order chi connectivity index (χ0) is 17.6. The maximum absolute atomic E-state index is 12.9. The smallest absolute Gasteiger partial charge is 0.224 e. The van der Waals surface area contributed by atoms with Gasteiger partial charge >= 0.3 is 0 Å². The zero-order valence-corrected chi connectivity index (χ0v) is 14.9. The second-order valence-corrected chi connectivity index (χ2v) is 6.85. The van der Waals surface area contributed by atoms with Gasteiger partial charge in [0.2, 0.25) is 5.91 Å². The highest BCUT2D eigenvalue weighted by molar-refractivity contribution is 7.98. The van der Waals surface area contributed by atoms with Gasteiger partial charge in [0.25, 0.3) is 0 Å². The van der Waals surface area contributed by atoms with Crippen molar-refractivity contribution >= 4 is 17.7 Å². The number of halogens is 1. The number of carbonyl (C=O) groups excluding carboxylic acids is 1. The molecule has 132 valence electrons. The Labute approximate surface area is 151 Å². The highest BCUT2D eigenvalue weighted by atomic mass is 32.2. The molecule has 1 N–H and O–H groups in total. The molecule has 1 aromatic carbocycles. The van der Waals surface area contributed by atoms with Gasteiger partial charge in [-0.25, -0.2) is 14.4 Å². The lowest BCUT2D eigenvalue weighted by atomic mass is 10.1. The molecule has 1 aromatic heterocycles. The van der Waals surface area contributed by atoms with Gasteiger partial charge in [0.1, 0.15) is 5.82 Å². The van der Waals surface area contributed by atoms with Crippen molar-refractivity contribution in [1.82, 2.24) is 20.2 Å². The maximum atomic E-state index is 12.9. The minimum atomic E-state index is -0.236. The Bertz CT molecular complexity index is 708. The number of hydrogen-bond acceptors (Lipinski definition) is 5. The van der Waals surface area contributed by atoms with Gasteiger partial charge in [-0.05, 0) is 30.4 Å². The molecule has 1 amide bonds. The van der Waals surface area contributed by atoms with Crippen molar-refractivity contribution in [3.63, 3.8) is 0 Å². The molecule has 5 nitrogen and oxygen atoms in total. The van der Waals surface area contributed by atoms with Crippen LogP contribution in [0.3, 0.4) is 0 Å². The SMILES string of the molecule is CSc1ncc(CN[C@@H]2CC(=O)N(CCc3ccc(F)cc3)C2)cn1. The third kappa shape index (κ3) is 4.99. The minimum Gasteiger partial charge on any atom is -0.341 e. The summed E-state index contributed by atoms with van der Waals surface area (Å²) in [5.74, 6) is -0.0756. The Balaban J connectivity index is 1.45. The van der Waals surface area contributed by atoms with Crippen LogP contribution in [0.2, 0.25) is 0 Å². The van der Waals surface area contributed by atoms with Gasteiger partial charge in [0, 0.05) is 50.1 Å². The molecule has 1 aliphatic rings. The molecular weight excluding hydrogens is 339 g/mol. The Morgan fingerprint density at radius 1 is 1.24 bits per heavy atom. The summed E-state index contributed by atoms with van der Waals surface area (Å²) in [6, 6.07) is 6.58. The highest BCUT2D eigenvalue weighted by Crippen LogP contribution is 2.14. The second kappa shape index (κ2) is 8.40. The number of amides is 1. The van der Waals surface area contributed by atoms with E-state index in [1.54, 1.807) is 12.1 Å². The van der Waals surface area contributed by atoms with Gasteiger partial charge in [-0.2, -0.15) is 0 Å². The van der Waals surface area contributed by atoms with E-state index in [9.17, 15) is 9.18 Å². The predicted octanol–water partition coefficient (Wildman–Crippen LogP) is 2.27. The highest BCUT2D eigenvalue weighted by Gasteiger charge is 2.28. The fraction of sp³-hybridized carbons (Fsp3) is 0.389. The largest absolute Gasteiger partial charge is 0.341 e. The van der Waals surface area contributed by atoms with Gasteiger partial charge in [-0.15, -0.1) is 0 Å². The monoisotopic (exact) mass is 360 g/mol. The minimum absolute atomic E-state index is 0.140. The summed E-state index contributed by atoms with van der Waals surface area (Å²) in [6.07, 6.45) is 6.82. The first-order valence-corrected chi connectivity index (χ1v) is 9.47. The van der Waals surface area contributed by atoms with Crippen LogP contribution in [0.25, 0.3) is 0 Å². The molecule has 0 aliphatic carbocycles. The third-order valence-electron chi connectivity index (χ3n) is 4.26. The van der Waals surface area contributed by atoms with E-state index in [2.05, 4.69) is 15.3 Å². The lowest BCUT2D eigenvalue weighted by Gasteiger charge is -2.17. The van der Waals surface area contributed by atoms with E-state index < -0.39 is 0 Å². The summed E-state index contributed by atoms with van der Waals surface area (Å²) in [6.45, 7) is 2.01. The molecule has 0 bridgehead atoms. The van der Waals surface area contributed by atoms with Crippen molar-refractivity contribution in [3.05, 3.63) is 53.6 Å². The van der Waals surface area contributed by atoms with E-state index >= 15 is 0 Å². The summed E-state index contributed by atoms with van der Waals surface area (Å²) in [4.78, 5) is 22.5. The molecule has 3 rings (SSSR count). The average Bonchev–Trinajstić information content (AvgIpc) is 3.00. The van der Waals surface area contributed by atoms with Gasteiger partial charge in [-0.1, -0.05) is 23.9 Å². The number of nitrogens with zero attached hydrogens (tertiary/aromatic N) is 3. The van der Waals surface area contributed by atoms with E-state index in [1.807, 2.05) is 23.5 Å². The Morgan fingerprint density at radius 3 is 2.64 bits per heavy atom. The Hall–Kier alpha value is -1.99. The summed E-state index contributed by atoms with van der Waals surface area (Å²) >= 11 is 1.51. The van der Waals surface area contributed by atoms with Crippen molar-refractivity contribution in [2.75, 3.05) is 19.3 Å². The Kier molecular flexibility index (Phi) is 5.99. The van der Waals surface area contributed by atoms with Crippen molar-refractivity contribution in [1.29, 1.82) is 0 Å². The molecule has 0 saturated carbocycles. The summed E-state index contributed by atoms with van der Waals surface area (Å²) in [7, 11) is 0. The number of benzene rings is 1. The first-order chi connectivity index (χ1) is 12.1. The number of hydrogen-bond donors (Lipinski definition) is 1. The molecule has 0 unspecified atom stereocenters. The molecule has 1 aliphatic heterocycles. The first kappa shape index (κ1) is 17.8. The molecule has 2 aromatic rings. The van der Waals surface area contributed by atoms with Crippen molar-refractivity contribution in [2.45, 2.75) is 30.6 Å². The topological polar surface area (TPSA) is 58.1 Å². The van der Waals surface area contributed by atoms with E-state index in [0.717, 1.165) is 22.7 Å². The average molecular weight is 360 g/mol. The van der Waals surface area contributed by atoms with Crippen molar-refractivity contribution in [2.24, 2.45) is 0 Å². The third-order valence-corrected chi connectivity index (χ3v) is 4.83. The van der Waals surface area contributed by atoms with Crippen LogP contribution in [0, 0.1) is 5.82 Å². The molecule has 1 fully saturated rings. The number of carbonyl (C=O) groups is 1. The molecule has 25 heavy (non-hydrogen) atoms. The van der Waals surface area contributed by atoms with Crippen LogP contribution in [-0.2, 0) is 17.8 Å². The quantitative estimate of drug-likeness (QED) is 0.606. The van der Waals surface area contributed by atoms with Crippen LogP contribution >= 0.6 is 11.8 Å². The van der Waals surface area contributed by atoms with Crippen LogP contribution in [0.5, 0.6) is 0 Å².